The molecule has 2 atom stereocenters. The van der Waals surface area contributed by atoms with E-state index >= 15 is 0 Å². The maximum atomic E-state index is 12.5. The molecule has 1 aromatic carbocycles. The van der Waals surface area contributed by atoms with Crippen LogP contribution in [0.3, 0.4) is 0 Å². The van der Waals surface area contributed by atoms with E-state index in [0.29, 0.717) is 42.2 Å². The van der Waals surface area contributed by atoms with E-state index in [0.717, 1.165) is 13.0 Å². The summed E-state index contributed by atoms with van der Waals surface area (Å²) in [6.45, 7) is 3.92. The third kappa shape index (κ3) is 3.38. The number of nitrogens with one attached hydrogen (secondary N) is 1. The van der Waals surface area contributed by atoms with Gasteiger partial charge in [0.1, 0.15) is 0 Å². The molecule has 4 rings (SSSR count). The van der Waals surface area contributed by atoms with E-state index in [-0.39, 0.29) is 17.7 Å². The maximum Gasteiger partial charge on any atom is 0.261 e. The molecule has 8 nitrogen and oxygen atoms in total. The number of benzene rings is 1. The van der Waals surface area contributed by atoms with Crippen LogP contribution in [-0.4, -0.2) is 38.9 Å². The highest BCUT2D eigenvalue weighted by atomic mass is 16.5. The lowest BCUT2D eigenvalue weighted by Crippen LogP contribution is -2.21. The second kappa shape index (κ2) is 7.35. The van der Waals surface area contributed by atoms with E-state index in [1.54, 1.807) is 17.0 Å². The number of fused-ring (bicyclic) bond motifs is 1. The van der Waals surface area contributed by atoms with Gasteiger partial charge in [0.2, 0.25) is 5.89 Å². The highest BCUT2D eigenvalue weighted by molar-refractivity contribution is 5.76. The maximum absolute atomic E-state index is 12.5. The number of nitrogens with zero attached hydrogens (tertiary/aromatic N) is 4. The number of aromatic nitrogens is 4. The predicted molar refractivity (Wildman–Crippen MR) is 94.8 cm³/mol. The first kappa shape index (κ1) is 16.9. The lowest BCUT2D eigenvalue weighted by Gasteiger charge is -2.07. The minimum Gasteiger partial charge on any atom is -0.377 e. The minimum absolute atomic E-state index is 0.0258. The summed E-state index contributed by atoms with van der Waals surface area (Å²) in [5, 5.41) is 7.99. The first-order valence-corrected chi connectivity index (χ1v) is 8.86. The molecule has 0 saturated carbocycles. The van der Waals surface area contributed by atoms with Crippen LogP contribution in [0.15, 0.2) is 39.9 Å². The average Bonchev–Trinajstić information content (AvgIpc) is 3.31. The summed E-state index contributed by atoms with van der Waals surface area (Å²) < 4.78 is 12.6. The van der Waals surface area contributed by atoms with Crippen LogP contribution in [0.1, 0.15) is 31.1 Å². The van der Waals surface area contributed by atoms with Crippen LogP contribution in [0, 0.1) is 0 Å². The van der Waals surface area contributed by atoms with Crippen LogP contribution in [-0.2, 0) is 17.7 Å². The highest BCUT2D eigenvalue weighted by Crippen LogP contribution is 2.23. The van der Waals surface area contributed by atoms with Gasteiger partial charge in [-0.2, -0.15) is 4.98 Å². The third-order valence-corrected chi connectivity index (χ3v) is 4.58. The van der Waals surface area contributed by atoms with Crippen LogP contribution >= 0.6 is 0 Å². The average molecular weight is 355 g/mol. The summed E-state index contributed by atoms with van der Waals surface area (Å²) in [7, 11) is 0. The molecule has 1 N–H and O–H groups in total. The van der Waals surface area contributed by atoms with Crippen molar-refractivity contribution in [2.75, 3.05) is 13.2 Å². The SMILES string of the molecule is CCO[C@H]1CN[C@H](c2nc(CCn3cnc4ccccc4c3=O)no2)C1. The van der Waals surface area contributed by atoms with Crippen LogP contribution in [0.2, 0.25) is 0 Å². The number of aryl methyl sites for hydroxylation is 2. The molecule has 0 radical (unpaired) electrons. The molecule has 1 aliphatic heterocycles. The van der Waals surface area contributed by atoms with Crippen LogP contribution in [0.25, 0.3) is 10.9 Å². The van der Waals surface area contributed by atoms with Crippen molar-refractivity contribution < 1.29 is 9.26 Å². The Bertz CT molecular complexity index is 951. The molecular weight excluding hydrogens is 334 g/mol. The Morgan fingerprint density at radius 3 is 3.15 bits per heavy atom. The fourth-order valence-electron chi connectivity index (χ4n) is 3.25. The van der Waals surface area contributed by atoms with Crippen molar-refractivity contribution in [3.05, 3.63) is 52.7 Å². The summed E-state index contributed by atoms with van der Waals surface area (Å²) >= 11 is 0. The van der Waals surface area contributed by atoms with Gasteiger partial charge in [-0.1, -0.05) is 17.3 Å². The normalized spacial score (nSPS) is 20.0. The number of hydrogen-bond acceptors (Lipinski definition) is 7. The van der Waals surface area contributed by atoms with Gasteiger partial charge < -0.3 is 14.6 Å². The second-order valence-electron chi connectivity index (χ2n) is 6.33. The lowest BCUT2D eigenvalue weighted by molar-refractivity contribution is 0.0749. The molecule has 1 aliphatic rings. The van der Waals surface area contributed by atoms with Crippen molar-refractivity contribution in [1.29, 1.82) is 0 Å². The van der Waals surface area contributed by atoms with Crippen molar-refractivity contribution in [1.82, 2.24) is 25.0 Å². The second-order valence-corrected chi connectivity index (χ2v) is 6.33. The zero-order valence-electron chi connectivity index (χ0n) is 14.6. The molecular formula is C18H21N5O3. The smallest absolute Gasteiger partial charge is 0.261 e. The molecule has 0 amide bonds. The van der Waals surface area contributed by atoms with Crippen LogP contribution in [0.4, 0.5) is 0 Å². The summed E-state index contributed by atoms with van der Waals surface area (Å²) in [6, 6.07) is 7.35. The zero-order valence-corrected chi connectivity index (χ0v) is 14.6. The van der Waals surface area contributed by atoms with Gasteiger partial charge in [0.25, 0.3) is 5.56 Å². The van der Waals surface area contributed by atoms with Gasteiger partial charge in [-0.15, -0.1) is 0 Å². The Labute approximate surface area is 150 Å². The molecule has 1 fully saturated rings. The fraction of sp³-hybridized carbons (Fsp3) is 0.444. The van der Waals surface area contributed by atoms with E-state index < -0.39 is 0 Å². The zero-order chi connectivity index (χ0) is 17.9. The van der Waals surface area contributed by atoms with Gasteiger partial charge in [-0.25, -0.2) is 4.98 Å². The molecule has 3 heterocycles. The van der Waals surface area contributed by atoms with Gasteiger partial charge in [0, 0.05) is 26.1 Å². The molecule has 1 saturated heterocycles. The first-order valence-electron chi connectivity index (χ1n) is 8.86. The van der Waals surface area contributed by atoms with Crippen molar-refractivity contribution >= 4 is 10.9 Å². The van der Waals surface area contributed by atoms with Crippen molar-refractivity contribution in [3.63, 3.8) is 0 Å². The Kier molecular flexibility index (Phi) is 4.77. The van der Waals surface area contributed by atoms with E-state index in [4.69, 9.17) is 9.26 Å². The summed E-state index contributed by atoms with van der Waals surface area (Å²) in [5.41, 5.74) is 0.642. The molecule has 0 spiro atoms. The van der Waals surface area contributed by atoms with E-state index in [9.17, 15) is 4.79 Å². The standard InChI is InChI=1S/C18H21N5O3/c1-2-25-12-9-15(19-10-12)17-21-16(22-26-17)7-8-23-11-20-14-6-4-3-5-13(14)18(23)24/h3-6,11-12,15,19H,2,7-10H2,1H3/t12-,15+/m1/s1. The van der Waals surface area contributed by atoms with Crippen molar-refractivity contribution in [3.8, 4) is 0 Å². The lowest BCUT2D eigenvalue weighted by atomic mass is 10.2. The van der Waals surface area contributed by atoms with Gasteiger partial charge in [-0.3, -0.25) is 9.36 Å². The van der Waals surface area contributed by atoms with Gasteiger partial charge in [-0.05, 0) is 25.5 Å². The number of rotatable bonds is 6. The molecule has 3 aromatic rings. The van der Waals surface area contributed by atoms with E-state index in [2.05, 4.69) is 20.4 Å². The Balaban J connectivity index is 1.42. The van der Waals surface area contributed by atoms with Gasteiger partial charge in [0.05, 0.1) is 29.4 Å². The number of para-hydroxylation sites is 1. The quantitative estimate of drug-likeness (QED) is 0.715. The molecule has 8 heteroatoms. The number of hydrogen-bond donors (Lipinski definition) is 1. The van der Waals surface area contributed by atoms with Gasteiger partial charge in [0.15, 0.2) is 5.82 Å². The largest absolute Gasteiger partial charge is 0.377 e. The topological polar surface area (TPSA) is 95.1 Å². The van der Waals surface area contributed by atoms with Crippen molar-refractivity contribution in [2.45, 2.75) is 38.5 Å². The van der Waals surface area contributed by atoms with Gasteiger partial charge >= 0.3 is 0 Å². The summed E-state index contributed by atoms with van der Waals surface area (Å²) in [4.78, 5) is 21.3. The summed E-state index contributed by atoms with van der Waals surface area (Å²) in [5.74, 6) is 1.16. The molecule has 0 unspecified atom stereocenters. The highest BCUT2D eigenvalue weighted by Gasteiger charge is 2.29. The molecule has 136 valence electrons. The van der Waals surface area contributed by atoms with Crippen molar-refractivity contribution in [2.24, 2.45) is 0 Å². The van der Waals surface area contributed by atoms with E-state index in [1.165, 1.54) is 0 Å². The Morgan fingerprint density at radius 2 is 2.27 bits per heavy atom. The first-order chi connectivity index (χ1) is 12.7. The van der Waals surface area contributed by atoms with Crippen LogP contribution < -0.4 is 10.9 Å². The third-order valence-electron chi connectivity index (χ3n) is 4.58. The summed E-state index contributed by atoms with van der Waals surface area (Å²) in [6.07, 6.45) is 3.08. The number of ether oxygens (including phenoxy) is 1. The fourth-order valence-corrected chi connectivity index (χ4v) is 3.25. The Morgan fingerprint density at radius 1 is 1.38 bits per heavy atom. The molecule has 26 heavy (non-hydrogen) atoms. The minimum atomic E-state index is -0.0589. The van der Waals surface area contributed by atoms with Crippen LogP contribution in [0.5, 0.6) is 0 Å². The van der Waals surface area contributed by atoms with E-state index in [1.807, 2.05) is 25.1 Å². The molecule has 2 aromatic heterocycles. The Hall–Kier alpha value is -2.58. The molecule has 0 aliphatic carbocycles. The predicted octanol–water partition coefficient (Wildman–Crippen LogP) is 1.46. The molecule has 0 bridgehead atoms. The monoisotopic (exact) mass is 355 g/mol.